The first kappa shape index (κ1) is 15.4. The molecule has 0 aromatic heterocycles. The molecule has 1 aromatic rings. The Balaban J connectivity index is 2.29. The van der Waals surface area contributed by atoms with Gasteiger partial charge in [-0.05, 0) is 24.6 Å². The predicted octanol–water partition coefficient (Wildman–Crippen LogP) is 1.56. The van der Waals surface area contributed by atoms with Crippen molar-refractivity contribution in [1.82, 2.24) is 5.48 Å². The molecule has 112 valence electrons. The van der Waals surface area contributed by atoms with Crippen molar-refractivity contribution < 1.29 is 19.5 Å². The Morgan fingerprint density at radius 3 is 3.00 bits per heavy atom. The number of nitrogens with zero attached hydrogens (tertiary/aromatic N) is 1. The zero-order valence-corrected chi connectivity index (χ0v) is 12.0. The molecule has 0 radical (unpaired) electrons. The van der Waals surface area contributed by atoms with E-state index in [0.717, 1.165) is 5.56 Å². The van der Waals surface area contributed by atoms with Gasteiger partial charge in [-0.25, -0.2) is 4.79 Å². The second-order valence-electron chi connectivity index (χ2n) is 5.45. The average Bonchev–Trinajstić information content (AvgIpc) is 2.85. The van der Waals surface area contributed by atoms with Crippen molar-refractivity contribution in [2.24, 2.45) is 0 Å². The summed E-state index contributed by atoms with van der Waals surface area (Å²) in [6.07, 6.45) is 0.507. The standard InChI is InChI=1S/C15H18N2O4/c1-14(12-5-3-4-11(8-12)9-16)10-15(13(18)19,21-17-14)6-7-20-2/h3-5,8,17H,6-7,10H2,1-2H3,(H,18,19). The molecule has 0 aliphatic carbocycles. The number of methoxy groups -OCH3 is 1. The summed E-state index contributed by atoms with van der Waals surface area (Å²) >= 11 is 0. The molecule has 0 saturated carbocycles. The first-order chi connectivity index (χ1) is 9.96. The van der Waals surface area contributed by atoms with Crippen LogP contribution in [0.3, 0.4) is 0 Å². The van der Waals surface area contributed by atoms with E-state index in [4.69, 9.17) is 14.8 Å². The summed E-state index contributed by atoms with van der Waals surface area (Å²) in [5.41, 5.74) is 2.19. The van der Waals surface area contributed by atoms with E-state index in [1.54, 1.807) is 18.2 Å². The fraction of sp³-hybridized carbons (Fsp3) is 0.467. The van der Waals surface area contributed by atoms with Gasteiger partial charge in [0.2, 0.25) is 0 Å². The van der Waals surface area contributed by atoms with Gasteiger partial charge in [-0.15, -0.1) is 0 Å². The third-order valence-electron chi connectivity index (χ3n) is 3.84. The topological polar surface area (TPSA) is 91.6 Å². The molecule has 2 rings (SSSR count). The van der Waals surface area contributed by atoms with Crippen LogP contribution in [0.4, 0.5) is 0 Å². The fourth-order valence-corrected chi connectivity index (χ4v) is 2.58. The van der Waals surface area contributed by atoms with Gasteiger partial charge in [-0.3, -0.25) is 4.84 Å². The molecule has 2 atom stereocenters. The maximum atomic E-state index is 11.6. The number of benzene rings is 1. The van der Waals surface area contributed by atoms with Crippen LogP contribution in [0.25, 0.3) is 0 Å². The van der Waals surface area contributed by atoms with Gasteiger partial charge in [0.15, 0.2) is 5.60 Å². The zero-order chi connectivity index (χ0) is 15.5. The van der Waals surface area contributed by atoms with E-state index < -0.39 is 17.1 Å². The maximum Gasteiger partial charge on any atom is 0.338 e. The fourth-order valence-electron chi connectivity index (χ4n) is 2.58. The normalized spacial score (nSPS) is 28.2. The highest BCUT2D eigenvalue weighted by Crippen LogP contribution is 2.40. The van der Waals surface area contributed by atoms with Crippen LogP contribution in [-0.2, 0) is 19.9 Å². The number of hydrogen-bond donors (Lipinski definition) is 2. The lowest BCUT2D eigenvalue weighted by atomic mass is 9.81. The minimum atomic E-state index is -1.33. The van der Waals surface area contributed by atoms with Gasteiger partial charge in [0.05, 0.1) is 17.2 Å². The number of nitrogens with one attached hydrogen (secondary N) is 1. The van der Waals surface area contributed by atoms with Gasteiger partial charge in [0.1, 0.15) is 0 Å². The van der Waals surface area contributed by atoms with Crippen molar-refractivity contribution in [1.29, 1.82) is 5.26 Å². The lowest BCUT2D eigenvalue weighted by molar-refractivity contribution is -0.169. The van der Waals surface area contributed by atoms with Crippen LogP contribution >= 0.6 is 0 Å². The van der Waals surface area contributed by atoms with Crippen molar-refractivity contribution in [3.05, 3.63) is 35.4 Å². The Labute approximate surface area is 123 Å². The van der Waals surface area contributed by atoms with E-state index in [9.17, 15) is 9.90 Å². The lowest BCUT2D eigenvalue weighted by Crippen LogP contribution is -2.40. The molecule has 0 spiro atoms. The molecule has 21 heavy (non-hydrogen) atoms. The number of carboxylic acids is 1. The van der Waals surface area contributed by atoms with E-state index in [0.29, 0.717) is 12.2 Å². The highest BCUT2D eigenvalue weighted by atomic mass is 16.7. The molecule has 1 saturated heterocycles. The Bertz CT molecular complexity index is 583. The number of hydroxylamine groups is 1. The summed E-state index contributed by atoms with van der Waals surface area (Å²) in [4.78, 5) is 17.0. The summed E-state index contributed by atoms with van der Waals surface area (Å²) in [6, 6.07) is 9.16. The van der Waals surface area contributed by atoms with Gasteiger partial charge in [0, 0.05) is 26.6 Å². The second kappa shape index (κ2) is 5.82. The molecular weight excluding hydrogens is 272 g/mol. The number of ether oxygens (including phenoxy) is 1. The van der Waals surface area contributed by atoms with Crippen molar-refractivity contribution in [3.63, 3.8) is 0 Å². The number of aliphatic carboxylic acids is 1. The van der Waals surface area contributed by atoms with E-state index >= 15 is 0 Å². The van der Waals surface area contributed by atoms with E-state index in [-0.39, 0.29) is 12.8 Å². The zero-order valence-electron chi connectivity index (χ0n) is 12.0. The van der Waals surface area contributed by atoms with E-state index in [1.165, 1.54) is 7.11 Å². The summed E-state index contributed by atoms with van der Waals surface area (Å²) in [5.74, 6) is -1.02. The average molecular weight is 290 g/mol. The van der Waals surface area contributed by atoms with Crippen LogP contribution < -0.4 is 5.48 Å². The smallest absolute Gasteiger partial charge is 0.338 e. The molecule has 1 fully saturated rings. The number of rotatable bonds is 5. The Hall–Kier alpha value is -1.94. The molecule has 1 heterocycles. The van der Waals surface area contributed by atoms with Crippen molar-refractivity contribution >= 4 is 5.97 Å². The van der Waals surface area contributed by atoms with Crippen molar-refractivity contribution in [2.45, 2.75) is 30.9 Å². The summed E-state index contributed by atoms with van der Waals surface area (Å²) in [7, 11) is 1.52. The predicted molar refractivity (Wildman–Crippen MR) is 74.2 cm³/mol. The molecule has 1 aromatic carbocycles. The number of carbonyl (C=O) groups is 1. The largest absolute Gasteiger partial charge is 0.479 e. The number of hydrogen-bond acceptors (Lipinski definition) is 5. The van der Waals surface area contributed by atoms with Gasteiger partial charge >= 0.3 is 5.97 Å². The van der Waals surface area contributed by atoms with Crippen LogP contribution in [0.2, 0.25) is 0 Å². The molecule has 1 aliphatic heterocycles. The first-order valence-electron chi connectivity index (χ1n) is 6.64. The van der Waals surface area contributed by atoms with Crippen LogP contribution in [0, 0.1) is 11.3 Å². The minimum Gasteiger partial charge on any atom is -0.479 e. The number of carboxylic acid groups (broad SMARTS) is 1. The maximum absolute atomic E-state index is 11.6. The second-order valence-corrected chi connectivity index (χ2v) is 5.45. The Morgan fingerprint density at radius 2 is 2.38 bits per heavy atom. The molecule has 1 aliphatic rings. The summed E-state index contributed by atoms with van der Waals surface area (Å²) in [6.45, 7) is 2.16. The minimum absolute atomic E-state index is 0.249. The third-order valence-corrected chi connectivity index (χ3v) is 3.84. The quantitative estimate of drug-likeness (QED) is 0.855. The van der Waals surface area contributed by atoms with Crippen LogP contribution in [-0.4, -0.2) is 30.4 Å². The van der Waals surface area contributed by atoms with Gasteiger partial charge in [-0.1, -0.05) is 12.1 Å². The molecule has 6 heteroatoms. The highest BCUT2D eigenvalue weighted by Gasteiger charge is 2.53. The van der Waals surface area contributed by atoms with Crippen LogP contribution in [0.1, 0.15) is 30.9 Å². The third kappa shape index (κ3) is 2.90. The lowest BCUT2D eigenvalue weighted by Gasteiger charge is -2.25. The van der Waals surface area contributed by atoms with Gasteiger partial charge in [-0.2, -0.15) is 10.7 Å². The molecule has 0 bridgehead atoms. The van der Waals surface area contributed by atoms with Crippen molar-refractivity contribution in [2.75, 3.05) is 13.7 Å². The molecule has 2 N–H and O–H groups in total. The summed E-state index contributed by atoms with van der Waals surface area (Å²) < 4.78 is 4.98. The monoisotopic (exact) mass is 290 g/mol. The Kier molecular flexibility index (Phi) is 4.28. The SMILES string of the molecule is COCCC1(C(=O)O)CC(C)(c2cccc(C#N)c2)NO1. The molecule has 0 amide bonds. The van der Waals surface area contributed by atoms with Crippen LogP contribution in [0.5, 0.6) is 0 Å². The highest BCUT2D eigenvalue weighted by molar-refractivity contribution is 5.78. The summed E-state index contributed by atoms with van der Waals surface area (Å²) in [5, 5.41) is 18.5. The molecule has 2 unspecified atom stereocenters. The Morgan fingerprint density at radius 1 is 1.62 bits per heavy atom. The molecular formula is C15H18N2O4. The number of nitriles is 1. The van der Waals surface area contributed by atoms with Gasteiger partial charge < -0.3 is 9.84 Å². The van der Waals surface area contributed by atoms with Crippen molar-refractivity contribution in [3.8, 4) is 6.07 Å². The van der Waals surface area contributed by atoms with E-state index in [2.05, 4.69) is 11.5 Å². The van der Waals surface area contributed by atoms with Gasteiger partial charge in [0.25, 0.3) is 0 Å². The first-order valence-corrected chi connectivity index (χ1v) is 6.64. The van der Waals surface area contributed by atoms with Crippen LogP contribution in [0.15, 0.2) is 24.3 Å². The van der Waals surface area contributed by atoms with E-state index in [1.807, 2.05) is 13.0 Å². The molecule has 6 nitrogen and oxygen atoms in total.